The zero-order chi connectivity index (χ0) is 24.4. The van der Waals surface area contributed by atoms with Gasteiger partial charge < -0.3 is 9.88 Å². The summed E-state index contributed by atoms with van der Waals surface area (Å²) in [5, 5.41) is 3.73. The highest BCUT2D eigenvalue weighted by Crippen LogP contribution is 2.34. The SMILES string of the molecule is O=C(CN1C(=O)S/C(=C\c2cn(Cc3ccccc3)c3ccccc23)C1=O)Nc1ccc(Cl)cc1. The first-order valence-corrected chi connectivity index (χ1v) is 12.1. The zero-order valence-electron chi connectivity index (χ0n) is 18.5. The number of anilines is 1. The summed E-state index contributed by atoms with van der Waals surface area (Å²) in [5.41, 5.74) is 3.57. The van der Waals surface area contributed by atoms with Crippen LogP contribution in [0.5, 0.6) is 0 Å². The number of nitrogens with one attached hydrogen (secondary N) is 1. The lowest BCUT2D eigenvalue weighted by Crippen LogP contribution is -2.36. The van der Waals surface area contributed by atoms with Gasteiger partial charge in [-0.15, -0.1) is 0 Å². The average Bonchev–Trinajstić information content (AvgIpc) is 3.33. The molecule has 8 heteroatoms. The predicted octanol–water partition coefficient (Wildman–Crippen LogP) is 6.02. The van der Waals surface area contributed by atoms with Crippen molar-refractivity contribution in [2.45, 2.75) is 6.54 Å². The summed E-state index contributed by atoms with van der Waals surface area (Å²) in [5.74, 6) is -0.943. The largest absolute Gasteiger partial charge is 0.342 e. The Bertz CT molecular complexity index is 1460. The van der Waals surface area contributed by atoms with Crippen molar-refractivity contribution in [3.05, 3.63) is 106 Å². The molecular weight excluding hydrogens is 482 g/mol. The van der Waals surface area contributed by atoms with Gasteiger partial charge >= 0.3 is 0 Å². The van der Waals surface area contributed by atoms with Crippen LogP contribution in [0.1, 0.15) is 11.1 Å². The first kappa shape index (κ1) is 23.0. The smallest absolute Gasteiger partial charge is 0.294 e. The molecule has 0 bridgehead atoms. The van der Waals surface area contributed by atoms with Crippen LogP contribution in [0, 0.1) is 0 Å². The van der Waals surface area contributed by atoms with Gasteiger partial charge in [-0.25, -0.2) is 0 Å². The van der Waals surface area contributed by atoms with E-state index in [1.165, 1.54) is 0 Å². The number of aromatic nitrogens is 1. The number of para-hydroxylation sites is 1. The van der Waals surface area contributed by atoms with E-state index in [9.17, 15) is 14.4 Å². The monoisotopic (exact) mass is 501 g/mol. The maximum absolute atomic E-state index is 13.0. The first-order chi connectivity index (χ1) is 17.0. The minimum absolute atomic E-state index is 0.289. The molecule has 0 radical (unpaired) electrons. The molecule has 35 heavy (non-hydrogen) atoms. The van der Waals surface area contributed by atoms with Crippen molar-refractivity contribution in [2.24, 2.45) is 0 Å². The summed E-state index contributed by atoms with van der Waals surface area (Å²) in [7, 11) is 0. The Morgan fingerprint density at radius 2 is 1.66 bits per heavy atom. The molecule has 0 unspecified atom stereocenters. The number of hydrogen-bond acceptors (Lipinski definition) is 4. The van der Waals surface area contributed by atoms with Crippen LogP contribution in [0.2, 0.25) is 5.02 Å². The van der Waals surface area contributed by atoms with Crippen molar-refractivity contribution in [1.82, 2.24) is 9.47 Å². The van der Waals surface area contributed by atoms with E-state index in [1.54, 1.807) is 30.3 Å². The molecule has 0 atom stereocenters. The number of rotatable bonds is 6. The Hall–Kier alpha value is -3.81. The van der Waals surface area contributed by atoms with Gasteiger partial charge in [0.2, 0.25) is 5.91 Å². The third kappa shape index (κ3) is 5.01. The Balaban J connectivity index is 1.36. The molecule has 1 saturated heterocycles. The predicted molar refractivity (Wildman–Crippen MR) is 140 cm³/mol. The molecular formula is C27H20ClN3O3S. The van der Waals surface area contributed by atoms with E-state index in [0.29, 0.717) is 17.3 Å². The quantitative estimate of drug-likeness (QED) is 0.328. The van der Waals surface area contributed by atoms with E-state index >= 15 is 0 Å². The maximum atomic E-state index is 13.0. The number of benzene rings is 3. The molecule has 1 aliphatic rings. The average molecular weight is 502 g/mol. The first-order valence-electron chi connectivity index (χ1n) is 10.9. The second-order valence-corrected chi connectivity index (χ2v) is 9.47. The second kappa shape index (κ2) is 9.82. The number of fused-ring (bicyclic) bond motifs is 1. The number of carbonyl (C=O) groups is 3. The summed E-state index contributed by atoms with van der Waals surface area (Å²) in [6.45, 7) is 0.321. The molecule has 174 valence electrons. The molecule has 1 aromatic heterocycles. The minimum Gasteiger partial charge on any atom is -0.342 e. The van der Waals surface area contributed by atoms with E-state index in [-0.39, 0.29) is 11.4 Å². The van der Waals surface area contributed by atoms with Gasteiger partial charge in [0.25, 0.3) is 11.1 Å². The van der Waals surface area contributed by atoms with Crippen molar-refractivity contribution >= 4 is 63.1 Å². The molecule has 5 rings (SSSR count). The topological polar surface area (TPSA) is 71.4 Å². The van der Waals surface area contributed by atoms with Crippen molar-refractivity contribution in [1.29, 1.82) is 0 Å². The van der Waals surface area contributed by atoms with Gasteiger partial charge in [-0.3, -0.25) is 19.3 Å². The van der Waals surface area contributed by atoms with Gasteiger partial charge in [0.15, 0.2) is 0 Å². The van der Waals surface area contributed by atoms with E-state index < -0.39 is 17.1 Å². The van der Waals surface area contributed by atoms with Gasteiger partial charge in [0.05, 0.1) is 4.91 Å². The Morgan fingerprint density at radius 3 is 2.43 bits per heavy atom. The van der Waals surface area contributed by atoms with E-state index in [0.717, 1.165) is 38.7 Å². The molecule has 0 spiro atoms. The standard InChI is InChI=1S/C27H20ClN3O3S/c28-20-10-12-21(13-11-20)29-25(32)17-31-26(33)24(35-27(31)34)14-19-16-30(15-18-6-2-1-3-7-18)23-9-5-4-8-22(19)23/h1-14,16H,15,17H2,(H,29,32)/b24-14-. The Labute approximate surface area is 211 Å². The number of thioether (sulfide) groups is 1. The fourth-order valence-corrected chi connectivity index (χ4v) is 4.91. The molecule has 3 aromatic carbocycles. The molecule has 4 aromatic rings. The van der Waals surface area contributed by atoms with Gasteiger partial charge in [0, 0.05) is 39.9 Å². The molecule has 2 heterocycles. The molecule has 1 N–H and O–H groups in total. The lowest BCUT2D eigenvalue weighted by molar-refractivity contribution is -0.127. The summed E-state index contributed by atoms with van der Waals surface area (Å²) in [4.78, 5) is 39.2. The van der Waals surface area contributed by atoms with Crippen molar-refractivity contribution in [2.75, 3.05) is 11.9 Å². The molecule has 3 amide bonds. The molecule has 0 saturated carbocycles. The number of hydrogen-bond donors (Lipinski definition) is 1. The minimum atomic E-state index is -0.480. The third-order valence-corrected chi connectivity index (χ3v) is 6.76. The van der Waals surface area contributed by atoms with Crippen molar-refractivity contribution in [3.8, 4) is 0 Å². The Morgan fingerprint density at radius 1 is 0.943 bits per heavy atom. The lowest BCUT2D eigenvalue weighted by atomic mass is 10.1. The van der Waals surface area contributed by atoms with E-state index in [4.69, 9.17) is 11.6 Å². The lowest BCUT2D eigenvalue weighted by Gasteiger charge is -2.12. The zero-order valence-corrected chi connectivity index (χ0v) is 20.1. The van der Waals surface area contributed by atoms with Crippen molar-refractivity contribution in [3.63, 3.8) is 0 Å². The summed E-state index contributed by atoms with van der Waals surface area (Å²) in [6.07, 6.45) is 3.71. The highest BCUT2D eigenvalue weighted by Gasteiger charge is 2.36. The van der Waals surface area contributed by atoms with Crippen LogP contribution >= 0.6 is 23.4 Å². The molecule has 6 nitrogen and oxygen atoms in total. The van der Waals surface area contributed by atoms with E-state index in [2.05, 4.69) is 22.0 Å². The van der Waals surface area contributed by atoms with Gasteiger partial charge in [-0.1, -0.05) is 60.1 Å². The number of halogens is 1. The van der Waals surface area contributed by atoms with Crippen LogP contribution in [0.25, 0.3) is 17.0 Å². The normalized spacial score (nSPS) is 14.8. The fraction of sp³-hybridized carbons (Fsp3) is 0.0741. The molecule has 1 aliphatic heterocycles. The van der Waals surface area contributed by atoms with Crippen LogP contribution in [0.3, 0.4) is 0 Å². The van der Waals surface area contributed by atoms with Crippen LogP contribution < -0.4 is 5.32 Å². The van der Waals surface area contributed by atoms with E-state index in [1.807, 2.05) is 48.7 Å². The second-order valence-electron chi connectivity index (χ2n) is 8.04. The molecule has 0 aliphatic carbocycles. The maximum Gasteiger partial charge on any atom is 0.294 e. The highest BCUT2D eigenvalue weighted by molar-refractivity contribution is 8.18. The fourth-order valence-electron chi connectivity index (χ4n) is 3.96. The number of nitrogens with zero attached hydrogens (tertiary/aromatic N) is 2. The summed E-state index contributed by atoms with van der Waals surface area (Å²) in [6, 6.07) is 24.6. The summed E-state index contributed by atoms with van der Waals surface area (Å²) >= 11 is 6.70. The van der Waals surface area contributed by atoms with Crippen molar-refractivity contribution < 1.29 is 14.4 Å². The Kier molecular flexibility index (Phi) is 6.44. The van der Waals surface area contributed by atoms with Gasteiger partial charge in [-0.2, -0.15) is 0 Å². The molecule has 1 fully saturated rings. The van der Waals surface area contributed by atoms with Gasteiger partial charge in [-0.05, 0) is 53.7 Å². The van der Waals surface area contributed by atoms with Gasteiger partial charge in [0.1, 0.15) is 6.54 Å². The number of imide groups is 1. The van der Waals surface area contributed by atoms with Crippen LogP contribution in [-0.4, -0.2) is 33.1 Å². The van der Waals surface area contributed by atoms with Crippen LogP contribution in [-0.2, 0) is 16.1 Å². The number of carbonyl (C=O) groups excluding carboxylic acids is 3. The summed E-state index contributed by atoms with van der Waals surface area (Å²) < 4.78 is 2.13. The van der Waals surface area contributed by atoms with Crippen LogP contribution in [0.15, 0.2) is 90.0 Å². The third-order valence-electron chi connectivity index (χ3n) is 5.61. The highest BCUT2D eigenvalue weighted by atomic mass is 35.5. The number of amides is 3. The van der Waals surface area contributed by atoms with Crippen LogP contribution in [0.4, 0.5) is 10.5 Å².